The molecule has 0 bridgehead atoms. The fourth-order valence-electron chi connectivity index (χ4n) is 3.57. The standard InChI is InChI=1S/C24H23N5O3S2/c1-16-5-6-19(12-17(16)2)29-24(25-26-27-29)34-15-23(30)28(14-20-4-3-11-33-20)18-7-8-21-22(13-18)32-10-9-31-21/h3-8,11-13H,9-10,14-15H2,1-2H3. The first-order valence-electron chi connectivity index (χ1n) is 10.8. The Kier molecular flexibility index (Phi) is 6.50. The van der Waals surface area contributed by atoms with Gasteiger partial charge in [-0.05, 0) is 71.1 Å². The number of tetrazole rings is 1. The van der Waals surface area contributed by atoms with Crippen LogP contribution in [0.3, 0.4) is 0 Å². The third-order valence-corrected chi connectivity index (χ3v) is 7.30. The first kappa shape index (κ1) is 22.4. The van der Waals surface area contributed by atoms with Crippen molar-refractivity contribution in [1.82, 2.24) is 20.2 Å². The van der Waals surface area contributed by atoms with Crippen LogP contribution in [-0.2, 0) is 11.3 Å². The van der Waals surface area contributed by atoms with Gasteiger partial charge in [-0.1, -0.05) is 23.9 Å². The topological polar surface area (TPSA) is 82.4 Å². The average Bonchev–Trinajstić information content (AvgIpc) is 3.54. The van der Waals surface area contributed by atoms with Crippen LogP contribution < -0.4 is 14.4 Å². The second-order valence-corrected chi connectivity index (χ2v) is 9.79. The number of fused-ring (bicyclic) bond motifs is 1. The molecular weight excluding hydrogens is 470 g/mol. The van der Waals surface area contributed by atoms with E-state index in [1.807, 2.05) is 53.9 Å². The number of thiophene rings is 1. The Balaban J connectivity index is 1.37. The number of aromatic nitrogens is 4. The molecule has 2 aromatic heterocycles. The lowest BCUT2D eigenvalue weighted by atomic mass is 10.1. The lowest BCUT2D eigenvalue weighted by Crippen LogP contribution is -2.32. The van der Waals surface area contributed by atoms with Crippen molar-refractivity contribution < 1.29 is 14.3 Å². The van der Waals surface area contributed by atoms with E-state index in [0.717, 1.165) is 21.8 Å². The first-order chi connectivity index (χ1) is 16.6. The number of carbonyl (C=O) groups is 1. The van der Waals surface area contributed by atoms with E-state index in [0.29, 0.717) is 36.4 Å². The van der Waals surface area contributed by atoms with Crippen LogP contribution in [0, 0.1) is 13.8 Å². The number of nitrogens with zero attached hydrogens (tertiary/aromatic N) is 5. The van der Waals surface area contributed by atoms with Crippen LogP contribution in [0.4, 0.5) is 5.69 Å². The summed E-state index contributed by atoms with van der Waals surface area (Å²) in [6.45, 7) is 5.60. The second-order valence-electron chi connectivity index (χ2n) is 7.82. The lowest BCUT2D eigenvalue weighted by Gasteiger charge is -2.25. The molecule has 34 heavy (non-hydrogen) atoms. The summed E-state index contributed by atoms with van der Waals surface area (Å²) in [6.07, 6.45) is 0. The number of aryl methyl sites for hydroxylation is 2. The van der Waals surface area contributed by atoms with E-state index < -0.39 is 0 Å². The summed E-state index contributed by atoms with van der Waals surface area (Å²) in [5.74, 6) is 1.48. The summed E-state index contributed by atoms with van der Waals surface area (Å²) < 4.78 is 13.0. The molecule has 0 unspecified atom stereocenters. The Hall–Kier alpha value is -3.37. The smallest absolute Gasteiger partial charge is 0.237 e. The van der Waals surface area contributed by atoms with Gasteiger partial charge in [0, 0.05) is 16.6 Å². The van der Waals surface area contributed by atoms with Gasteiger partial charge in [0.15, 0.2) is 11.5 Å². The predicted molar refractivity (Wildman–Crippen MR) is 132 cm³/mol. The molecule has 0 atom stereocenters. The number of carbonyl (C=O) groups excluding carboxylic acids is 1. The minimum atomic E-state index is -0.0512. The maximum absolute atomic E-state index is 13.4. The number of rotatable bonds is 7. The SMILES string of the molecule is Cc1ccc(-n2nnnc2SCC(=O)N(Cc2cccs2)c2ccc3c(c2)OCCO3)cc1C. The van der Waals surface area contributed by atoms with Crippen molar-refractivity contribution in [1.29, 1.82) is 0 Å². The zero-order valence-corrected chi connectivity index (χ0v) is 20.4. The van der Waals surface area contributed by atoms with Gasteiger partial charge in [-0.15, -0.1) is 16.4 Å². The normalized spacial score (nSPS) is 12.5. The van der Waals surface area contributed by atoms with Gasteiger partial charge in [-0.2, -0.15) is 4.68 Å². The minimum absolute atomic E-state index is 0.0512. The molecular formula is C24H23N5O3S2. The zero-order valence-electron chi connectivity index (χ0n) is 18.8. The fourth-order valence-corrected chi connectivity index (χ4v) is 5.03. The van der Waals surface area contributed by atoms with Crippen molar-refractivity contribution >= 4 is 34.7 Å². The summed E-state index contributed by atoms with van der Waals surface area (Å²) in [5.41, 5.74) is 3.98. The Bertz CT molecular complexity index is 1310. The number of anilines is 1. The lowest BCUT2D eigenvalue weighted by molar-refractivity contribution is -0.116. The number of thioether (sulfide) groups is 1. The van der Waals surface area contributed by atoms with E-state index in [1.54, 1.807) is 20.9 Å². The highest BCUT2D eigenvalue weighted by Crippen LogP contribution is 2.35. The van der Waals surface area contributed by atoms with E-state index in [1.165, 1.54) is 17.3 Å². The number of benzene rings is 2. The van der Waals surface area contributed by atoms with E-state index in [-0.39, 0.29) is 11.7 Å². The van der Waals surface area contributed by atoms with Gasteiger partial charge in [0.05, 0.1) is 18.0 Å². The highest BCUT2D eigenvalue weighted by atomic mass is 32.2. The van der Waals surface area contributed by atoms with Gasteiger partial charge < -0.3 is 14.4 Å². The quantitative estimate of drug-likeness (QED) is 0.352. The molecule has 5 rings (SSSR count). The molecule has 0 aliphatic carbocycles. The fraction of sp³-hybridized carbons (Fsp3) is 0.250. The predicted octanol–water partition coefficient (Wildman–Crippen LogP) is 4.44. The van der Waals surface area contributed by atoms with E-state index in [4.69, 9.17) is 9.47 Å². The van der Waals surface area contributed by atoms with Crippen LogP contribution in [0.15, 0.2) is 59.1 Å². The van der Waals surface area contributed by atoms with Crippen LogP contribution in [-0.4, -0.2) is 45.1 Å². The molecule has 8 nitrogen and oxygen atoms in total. The molecule has 1 aliphatic rings. The van der Waals surface area contributed by atoms with Crippen molar-refractivity contribution in [2.24, 2.45) is 0 Å². The number of hydrogen-bond donors (Lipinski definition) is 0. The minimum Gasteiger partial charge on any atom is -0.486 e. The van der Waals surface area contributed by atoms with Crippen molar-refractivity contribution in [3.05, 3.63) is 69.9 Å². The van der Waals surface area contributed by atoms with Crippen molar-refractivity contribution in [2.45, 2.75) is 25.5 Å². The molecule has 10 heteroatoms. The highest BCUT2D eigenvalue weighted by molar-refractivity contribution is 7.99. The molecule has 4 aromatic rings. The number of ether oxygens (including phenoxy) is 2. The molecule has 1 amide bonds. The summed E-state index contributed by atoms with van der Waals surface area (Å²) in [5, 5.41) is 14.7. The Morgan fingerprint density at radius 1 is 1.09 bits per heavy atom. The zero-order chi connectivity index (χ0) is 23.5. The molecule has 0 fully saturated rings. The van der Waals surface area contributed by atoms with Gasteiger partial charge in [-0.3, -0.25) is 4.79 Å². The molecule has 0 saturated carbocycles. The van der Waals surface area contributed by atoms with Gasteiger partial charge in [0.2, 0.25) is 11.1 Å². The van der Waals surface area contributed by atoms with Crippen LogP contribution in [0.5, 0.6) is 11.5 Å². The van der Waals surface area contributed by atoms with Crippen LogP contribution >= 0.6 is 23.1 Å². The van der Waals surface area contributed by atoms with Crippen LogP contribution in [0.25, 0.3) is 5.69 Å². The number of amides is 1. The molecule has 2 aromatic carbocycles. The number of hydrogen-bond acceptors (Lipinski definition) is 8. The van der Waals surface area contributed by atoms with Crippen LogP contribution in [0.2, 0.25) is 0 Å². The Morgan fingerprint density at radius 2 is 1.94 bits per heavy atom. The van der Waals surface area contributed by atoms with Gasteiger partial charge in [0.25, 0.3) is 0 Å². The Morgan fingerprint density at radius 3 is 2.74 bits per heavy atom. The van der Waals surface area contributed by atoms with Crippen molar-refractivity contribution in [3.63, 3.8) is 0 Å². The largest absolute Gasteiger partial charge is 0.486 e. The van der Waals surface area contributed by atoms with Gasteiger partial charge in [-0.25, -0.2) is 0 Å². The van der Waals surface area contributed by atoms with Crippen molar-refractivity contribution in [3.8, 4) is 17.2 Å². The maximum atomic E-state index is 13.4. The average molecular weight is 494 g/mol. The second kappa shape index (κ2) is 9.86. The van der Waals surface area contributed by atoms with Gasteiger partial charge in [0.1, 0.15) is 13.2 Å². The molecule has 3 heterocycles. The molecule has 1 aliphatic heterocycles. The molecule has 0 spiro atoms. The third kappa shape index (κ3) is 4.78. The van der Waals surface area contributed by atoms with Gasteiger partial charge >= 0.3 is 0 Å². The summed E-state index contributed by atoms with van der Waals surface area (Å²) in [6, 6.07) is 15.7. The summed E-state index contributed by atoms with van der Waals surface area (Å²) >= 11 is 2.93. The third-order valence-electron chi connectivity index (χ3n) is 5.53. The first-order valence-corrected chi connectivity index (χ1v) is 12.7. The maximum Gasteiger partial charge on any atom is 0.237 e. The summed E-state index contributed by atoms with van der Waals surface area (Å²) in [7, 11) is 0. The Labute approximate surface area is 205 Å². The van der Waals surface area contributed by atoms with E-state index >= 15 is 0 Å². The van der Waals surface area contributed by atoms with E-state index in [2.05, 4.69) is 29.4 Å². The monoisotopic (exact) mass is 493 g/mol. The molecule has 0 saturated heterocycles. The highest BCUT2D eigenvalue weighted by Gasteiger charge is 2.22. The van der Waals surface area contributed by atoms with Crippen molar-refractivity contribution in [2.75, 3.05) is 23.9 Å². The summed E-state index contributed by atoms with van der Waals surface area (Å²) in [4.78, 5) is 16.3. The van der Waals surface area contributed by atoms with E-state index in [9.17, 15) is 4.79 Å². The molecule has 0 N–H and O–H groups in total. The van der Waals surface area contributed by atoms with Crippen LogP contribution in [0.1, 0.15) is 16.0 Å². The molecule has 174 valence electrons. The molecule has 0 radical (unpaired) electrons.